The Balaban J connectivity index is 1.72. The van der Waals surface area contributed by atoms with Crippen molar-refractivity contribution in [3.8, 4) is 11.4 Å². The number of nitrogens with one attached hydrogen (secondary N) is 1. The maximum absolute atomic E-state index is 10.8. The zero-order valence-electron chi connectivity index (χ0n) is 14.1. The van der Waals surface area contributed by atoms with Crippen molar-refractivity contribution in [1.29, 1.82) is 5.41 Å². The second-order valence-corrected chi connectivity index (χ2v) is 6.18. The third-order valence-corrected chi connectivity index (χ3v) is 4.37. The van der Waals surface area contributed by atoms with Gasteiger partial charge in [0.2, 0.25) is 0 Å². The summed E-state index contributed by atoms with van der Waals surface area (Å²) < 4.78 is 1.97. The molecule has 8 heteroatoms. The van der Waals surface area contributed by atoms with Crippen molar-refractivity contribution >= 4 is 17.6 Å². The van der Waals surface area contributed by atoms with Crippen molar-refractivity contribution in [1.82, 2.24) is 14.5 Å². The van der Waals surface area contributed by atoms with Gasteiger partial charge in [-0.1, -0.05) is 24.3 Å². The number of amidine groups is 1. The number of carboxylic acids is 1. The van der Waals surface area contributed by atoms with Gasteiger partial charge < -0.3 is 20.3 Å². The second kappa shape index (κ2) is 6.94. The molecule has 1 aromatic heterocycles. The van der Waals surface area contributed by atoms with Crippen molar-refractivity contribution in [3.05, 3.63) is 36.0 Å². The lowest BCUT2D eigenvalue weighted by Crippen LogP contribution is -2.48. The molecule has 25 heavy (non-hydrogen) atoms. The van der Waals surface area contributed by atoms with E-state index in [2.05, 4.69) is 4.90 Å². The predicted molar refractivity (Wildman–Crippen MR) is 95.9 cm³/mol. The predicted octanol–water partition coefficient (Wildman–Crippen LogP) is 0.578. The van der Waals surface area contributed by atoms with Crippen molar-refractivity contribution in [2.45, 2.75) is 0 Å². The Bertz CT molecular complexity index is 775. The van der Waals surface area contributed by atoms with Gasteiger partial charge in [-0.2, -0.15) is 0 Å². The summed E-state index contributed by atoms with van der Waals surface area (Å²) in [6.45, 7) is 3.03. The maximum Gasteiger partial charge on any atom is 0.317 e. The Kier molecular flexibility index (Phi) is 4.71. The number of aromatic nitrogens is 2. The number of hydrogen-bond donors (Lipinski definition) is 3. The van der Waals surface area contributed by atoms with E-state index in [0.717, 1.165) is 30.3 Å². The number of piperazine rings is 1. The van der Waals surface area contributed by atoms with Gasteiger partial charge in [0.15, 0.2) is 0 Å². The molecule has 0 spiro atoms. The van der Waals surface area contributed by atoms with E-state index < -0.39 is 5.97 Å². The van der Waals surface area contributed by atoms with Gasteiger partial charge in [0.25, 0.3) is 0 Å². The molecule has 3 rings (SSSR count). The van der Waals surface area contributed by atoms with Gasteiger partial charge in [0, 0.05) is 50.6 Å². The fourth-order valence-electron chi connectivity index (χ4n) is 3.00. The van der Waals surface area contributed by atoms with Gasteiger partial charge in [-0.15, -0.1) is 0 Å². The largest absolute Gasteiger partial charge is 0.480 e. The number of benzene rings is 1. The molecule has 1 saturated heterocycles. The monoisotopic (exact) mass is 342 g/mol. The number of imidazole rings is 1. The highest BCUT2D eigenvalue weighted by Crippen LogP contribution is 2.23. The third kappa shape index (κ3) is 3.80. The maximum atomic E-state index is 10.8. The number of rotatable bonds is 5. The summed E-state index contributed by atoms with van der Waals surface area (Å²) in [4.78, 5) is 19.6. The highest BCUT2D eigenvalue weighted by molar-refractivity contribution is 5.95. The smallest absolute Gasteiger partial charge is 0.317 e. The summed E-state index contributed by atoms with van der Waals surface area (Å²) in [5, 5.41) is 16.3. The van der Waals surface area contributed by atoms with Gasteiger partial charge in [-0.25, -0.2) is 4.98 Å². The minimum absolute atomic E-state index is 0.0475. The van der Waals surface area contributed by atoms with Crippen LogP contribution in [0.25, 0.3) is 11.4 Å². The molecular formula is C17H22N6O2. The van der Waals surface area contributed by atoms with E-state index in [4.69, 9.17) is 21.2 Å². The minimum atomic E-state index is -0.789. The molecule has 2 aromatic rings. The molecule has 1 aromatic carbocycles. The second-order valence-electron chi connectivity index (χ2n) is 6.18. The molecule has 1 aliphatic rings. The number of nitrogen functional groups attached to an aromatic ring is 1. The number of aliphatic carboxylic acids is 1. The summed E-state index contributed by atoms with van der Waals surface area (Å²) in [5.41, 5.74) is 7.14. The van der Waals surface area contributed by atoms with Gasteiger partial charge in [0.1, 0.15) is 17.5 Å². The molecule has 1 aliphatic heterocycles. The summed E-state index contributed by atoms with van der Waals surface area (Å²) >= 11 is 0. The molecule has 132 valence electrons. The molecule has 1 fully saturated rings. The van der Waals surface area contributed by atoms with Gasteiger partial charge in [-0.3, -0.25) is 15.1 Å². The first-order valence-corrected chi connectivity index (χ1v) is 8.11. The van der Waals surface area contributed by atoms with E-state index in [0.29, 0.717) is 18.7 Å². The fourth-order valence-corrected chi connectivity index (χ4v) is 3.00. The highest BCUT2D eigenvalue weighted by Gasteiger charge is 2.21. The standard InChI is InChI=1S/C17H22N6O2/c1-21-10-14(23-8-6-22(7-9-23)11-15(24)25)20-17(21)13-4-2-12(3-5-13)16(18)19/h2-5,10H,6-9,11H2,1H3,(H3,18,19)(H,24,25). The van der Waals surface area contributed by atoms with Crippen LogP contribution in [-0.2, 0) is 11.8 Å². The molecule has 0 radical (unpaired) electrons. The molecule has 0 unspecified atom stereocenters. The van der Waals surface area contributed by atoms with Crippen LogP contribution in [0.5, 0.6) is 0 Å². The topological polar surface area (TPSA) is 111 Å². The van der Waals surface area contributed by atoms with Crippen LogP contribution >= 0.6 is 0 Å². The number of hydrogen-bond acceptors (Lipinski definition) is 5. The van der Waals surface area contributed by atoms with E-state index >= 15 is 0 Å². The van der Waals surface area contributed by atoms with E-state index in [-0.39, 0.29) is 12.4 Å². The average molecular weight is 342 g/mol. The number of nitrogens with two attached hydrogens (primary N) is 1. The van der Waals surface area contributed by atoms with Gasteiger partial charge in [0.05, 0.1) is 6.54 Å². The average Bonchev–Trinajstić information content (AvgIpc) is 2.97. The van der Waals surface area contributed by atoms with Crippen LogP contribution in [0.3, 0.4) is 0 Å². The lowest BCUT2D eigenvalue weighted by atomic mass is 10.1. The van der Waals surface area contributed by atoms with Crippen LogP contribution in [0.4, 0.5) is 5.82 Å². The first-order chi connectivity index (χ1) is 11.9. The Morgan fingerprint density at radius 1 is 1.24 bits per heavy atom. The molecule has 2 heterocycles. The molecule has 0 saturated carbocycles. The van der Waals surface area contributed by atoms with E-state index in [1.807, 2.05) is 47.0 Å². The number of carboxylic acid groups (broad SMARTS) is 1. The summed E-state index contributed by atoms with van der Waals surface area (Å²) in [6.07, 6.45) is 1.99. The molecule has 0 bridgehead atoms. The van der Waals surface area contributed by atoms with Gasteiger partial charge >= 0.3 is 5.97 Å². The first kappa shape index (κ1) is 17.0. The number of aryl methyl sites for hydroxylation is 1. The molecular weight excluding hydrogens is 320 g/mol. The molecule has 8 nitrogen and oxygen atoms in total. The van der Waals surface area contributed by atoms with Crippen molar-refractivity contribution in [2.75, 3.05) is 37.6 Å². The van der Waals surface area contributed by atoms with Crippen LogP contribution in [0.15, 0.2) is 30.5 Å². The van der Waals surface area contributed by atoms with Gasteiger partial charge in [-0.05, 0) is 0 Å². The lowest BCUT2D eigenvalue weighted by Gasteiger charge is -2.33. The molecule has 0 amide bonds. The third-order valence-electron chi connectivity index (χ3n) is 4.37. The van der Waals surface area contributed by atoms with Crippen molar-refractivity contribution < 1.29 is 9.90 Å². The summed E-state index contributed by atoms with van der Waals surface area (Å²) in [6, 6.07) is 7.45. The normalized spacial score (nSPS) is 15.3. The van der Waals surface area contributed by atoms with E-state index in [1.165, 1.54) is 0 Å². The van der Waals surface area contributed by atoms with E-state index in [1.54, 1.807) is 0 Å². The van der Waals surface area contributed by atoms with Crippen LogP contribution in [0.2, 0.25) is 0 Å². The number of anilines is 1. The molecule has 0 atom stereocenters. The van der Waals surface area contributed by atoms with Crippen LogP contribution in [-0.4, -0.2) is 64.1 Å². The fraction of sp³-hybridized carbons (Fsp3) is 0.353. The zero-order valence-corrected chi connectivity index (χ0v) is 14.1. The van der Waals surface area contributed by atoms with E-state index in [9.17, 15) is 4.79 Å². The minimum Gasteiger partial charge on any atom is -0.480 e. The highest BCUT2D eigenvalue weighted by atomic mass is 16.4. The zero-order chi connectivity index (χ0) is 18.0. The molecule has 4 N–H and O–H groups in total. The lowest BCUT2D eigenvalue weighted by molar-refractivity contribution is -0.138. The van der Waals surface area contributed by atoms with Crippen LogP contribution < -0.4 is 10.6 Å². The SMILES string of the molecule is Cn1cc(N2CCN(CC(=O)O)CC2)nc1-c1ccc(C(=N)N)cc1. The van der Waals surface area contributed by atoms with Crippen LogP contribution in [0.1, 0.15) is 5.56 Å². The van der Waals surface area contributed by atoms with Crippen molar-refractivity contribution in [2.24, 2.45) is 12.8 Å². The number of nitrogens with zero attached hydrogens (tertiary/aromatic N) is 4. The Morgan fingerprint density at radius 3 is 2.44 bits per heavy atom. The Hall–Kier alpha value is -2.87. The van der Waals surface area contributed by atoms with Crippen LogP contribution in [0, 0.1) is 5.41 Å². The first-order valence-electron chi connectivity index (χ1n) is 8.11. The van der Waals surface area contributed by atoms with Crippen molar-refractivity contribution in [3.63, 3.8) is 0 Å². The Morgan fingerprint density at radius 2 is 1.88 bits per heavy atom. The summed E-state index contributed by atoms with van der Waals surface area (Å²) in [7, 11) is 1.95. The quantitative estimate of drug-likeness (QED) is 0.541. The Labute approximate surface area is 146 Å². The number of carbonyl (C=O) groups is 1. The molecule has 0 aliphatic carbocycles. The summed E-state index contributed by atoms with van der Waals surface area (Å²) in [5.74, 6) is 0.995.